The van der Waals surface area contributed by atoms with Crippen LogP contribution in [0.2, 0.25) is 0 Å². The van der Waals surface area contributed by atoms with E-state index in [0.717, 1.165) is 11.1 Å². The minimum atomic E-state index is -0.481. The van der Waals surface area contributed by atoms with Crippen LogP contribution in [0.25, 0.3) is 0 Å². The number of amides is 1. The van der Waals surface area contributed by atoms with Gasteiger partial charge in [0.05, 0.1) is 18.4 Å². The summed E-state index contributed by atoms with van der Waals surface area (Å²) in [5, 5.41) is 2.55. The lowest BCUT2D eigenvalue weighted by Gasteiger charge is -2.04. The Labute approximate surface area is 111 Å². The molecule has 0 aliphatic carbocycles. The van der Waals surface area contributed by atoms with E-state index in [1.54, 1.807) is 18.6 Å². The molecule has 1 aromatic carbocycles. The number of furan rings is 1. The van der Waals surface area contributed by atoms with E-state index in [-0.39, 0.29) is 13.2 Å². The molecule has 96 valence electrons. The highest BCUT2D eigenvalue weighted by molar-refractivity contribution is 5.67. The number of carbonyl (C=O) groups excluding carboxylic acids is 1. The predicted molar refractivity (Wildman–Crippen MR) is 70.2 cm³/mol. The SMILES string of the molecule is O=C(NCC#Cc1ccoc1)OCc1ccccc1. The first-order valence-electron chi connectivity index (χ1n) is 5.80. The second-order valence-corrected chi connectivity index (χ2v) is 3.73. The number of alkyl carbamates (subject to hydrolysis) is 1. The molecule has 1 heterocycles. The summed E-state index contributed by atoms with van der Waals surface area (Å²) in [6.07, 6.45) is 2.61. The highest BCUT2D eigenvalue weighted by Crippen LogP contribution is 2.00. The Balaban J connectivity index is 1.68. The van der Waals surface area contributed by atoms with Crippen LogP contribution in [0.4, 0.5) is 4.79 Å². The van der Waals surface area contributed by atoms with Gasteiger partial charge >= 0.3 is 6.09 Å². The fourth-order valence-corrected chi connectivity index (χ4v) is 1.37. The van der Waals surface area contributed by atoms with Crippen molar-refractivity contribution in [1.82, 2.24) is 5.32 Å². The number of benzene rings is 1. The molecule has 0 radical (unpaired) electrons. The quantitative estimate of drug-likeness (QED) is 0.857. The number of nitrogens with one attached hydrogen (secondary N) is 1. The third kappa shape index (κ3) is 4.60. The fourth-order valence-electron chi connectivity index (χ4n) is 1.37. The molecule has 1 N–H and O–H groups in total. The van der Waals surface area contributed by atoms with Crippen LogP contribution >= 0.6 is 0 Å². The predicted octanol–water partition coefficient (Wildman–Crippen LogP) is 2.56. The summed E-state index contributed by atoms with van der Waals surface area (Å²) < 4.78 is 9.89. The van der Waals surface area contributed by atoms with E-state index in [4.69, 9.17) is 9.15 Å². The van der Waals surface area contributed by atoms with Crippen LogP contribution in [0.1, 0.15) is 11.1 Å². The van der Waals surface area contributed by atoms with E-state index in [2.05, 4.69) is 17.2 Å². The molecule has 0 aliphatic rings. The number of rotatable bonds is 3. The van der Waals surface area contributed by atoms with Gasteiger partial charge in [-0.15, -0.1) is 0 Å². The van der Waals surface area contributed by atoms with Gasteiger partial charge in [-0.1, -0.05) is 42.2 Å². The third-order valence-corrected chi connectivity index (χ3v) is 2.29. The Morgan fingerprint density at radius 2 is 2.11 bits per heavy atom. The summed E-state index contributed by atoms with van der Waals surface area (Å²) in [6, 6.07) is 11.2. The zero-order valence-electron chi connectivity index (χ0n) is 10.3. The van der Waals surface area contributed by atoms with Gasteiger partial charge in [0.25, 0.3) is 0 Å². The molecule has 0 atom stereocenters. The molecule has 19 heavy (non-hydrogen) atoms. The van der Waals surface area contributed by atoms with E-state index in [1.807, 2.05) is 30.3 Å². The third-order valence-electron chi connectivity index (χ3n) is 2.29. The summed E-state index contributed by atoms with van der Waals surface area (Å²) in [5.74, 6) is 5.63. The molecule has 0 spiro atoms. The molecule has 0 bridgehead atoms. The maximum Gasteiger partial charge on any atom is 0.408 e. The normalized spacial score (nSPS) is 9.26. The van der Waals surface area contributed by atoms with E-state index in [1.165, 1.54) is 0 Å². The zero-order valence-corrected chi connectivity index (χ0v) is 10.3. The van der Waals surface area contributed by atoms with E-state index < -0.39 is 6.09 Å². The lowest BCUT2D eigenvalue weighted by molar-refractivity contribution is 0.141. The maximum atomic E-state index is 11.4. The highest BCUT2D eigenvalue weighted by atomic mass is 16.5. The minimum Gasteiger partial charge on any atom is -0.471 e. The summed E-state index contributed by atoms with van der Waals surface area (Å²) in [5.41, 5.74) is 1.72. The average molecular weight is 255 g/mol. The van der Waals surface area contributed by atoms with Crippen LogP contribution in [0, 0.1) is 11.8 Å². The van der Waals surface area contributed by atoms with Crippen molar-refractivity contribution >= 4 is 6.09 Å². The molecule has 2 aromatic rings. The average Bonchev–Trinajstić information content (AvgIpc) is 2.96. The molecule has 0 saturated carbocycles. The Morgan fingerprint density at radius 3 is 2.84 bits per heavy atom. The fraction of sp³-hybridized carbons (Fsp3) is 0.133. The van der Waals surface area contributed by atoms with Gasteiger partial charge < -0.3 is 14.5 Å². The Bertz CT molecular complexity index is 564. The lowest BCUT2D eigenvalue weighted by Crippen LogP contribution is -2.24. The molecule has 1 amide bonds. The molecule has 0 aliphatic heterocycles. The van der Waals surface area contributed by atoms with Gasteiger partial charge in [-0.05, 0) is 11.6 Å². The summed E-state index contributed by atoms with van der Waals surface area (Å²) in [7, 11) is 0. The molecule has 4 heteroatoms. The van der Waals surface area contributed by atoms with Crippen LogP contribution < -0.4 is 5.32 Å². The molecule has 0 fully saturated rings. The first kappa shape index (κ1) is 12.8. The summed E-state index contributed by atoms with van der Waals surface area (Å²) >= 11 is 0. The van der Waals surface area contributed by atoms with Gasteiger partial charge in [0.15, 0.2) is 0 Å². The molecular formula is C15H13NO3. The number of hydrogen-bond donors (Lipinski definition) is 1. The molecule has 0 unspecified atom stereocenters. The van der Waals surface area contributed by atoms with Gasteiger partial charge in [0.2, 0.25) is 0 Å². The van der Waals surface area contributed by atoms with Crippen LogP contribution in [0.15, 0.2) is 53.3 Å². The smallest absolute Gasteiger partial charge is 0.408 e. The second-order valence-electron chi connectivity index (χ2n) is 3.73. The van der Waals surface area contributed by atoms with Crippen molar-refractivity contribution < 1.29 is 13.9 Å². The largest absolute Gasteiger partial charge is 0.471 e. The van der Waals surface area contributed by atoms with Gasteiger partial charge in [0, 0.05) is 0 Å². The molecule has 2 rings (SSSR count). The van der Waals surface area contributed by atoms with Crippen molar-refractivity contribution in [3.8, 4) is 11.8 Å². The van der Waals surface area contributed by atoms with E-state index in [9.17, 15) is 4.79 Å². The lowest BCUT2D eigenvalue weighted by atomic mass is 10.2. The Kier molecular flexibility index (Phi) is 4.65. The van der Waals surface area contributed by atoms with Gasteiger partial charge in [0.1, 0.15) is 12.9 Å². The topological polar surface area (TPSA) is 51.5 Å². The van der Waals surface area contributed by atoms with Crippen molar-refractivity contribution in [2.24, 2.45) is 0 Å². The van der Waals surface area contributed by atoms with Crippen LogP contribution in [-0.2, 0) is 11.3 Å². The molecule has 4 nitrogen and oxygen atoms in total. The molecular weight excluding hydrogens is 242 g/mol. The van der Waals surface area contributed by atoms with Gasteiger partial charge in [-0.3, -0.25) is 0 Å². The monoisotopic (exact) mass is 255 g/mol. The Hall–Kier alpha value is -2.67. The van der Waals surface area contributed by atoms with Gasteiger partial charge in [-0.25, -0.2) is 4.79 Å². The number of ether oxygens (including phenoxy) is 1. The molecule has 1 aromatic heterocycles. The summed E-state index contributed by atoms with van der Waals surface area (Å²) in [6.45, 7) is 0.487. The van der Waals surface area contributed by atoms with Crippen molar-refractivity contribution in [1.29, 1.82) is 0 Å². The van der Waals surface area contributed by atoms with E-state index in [0.29, 0.717) is 0 Å². The van der Waals surface area contributed by atoms with Crippen molar-refractivity contribution in [2.75, 3.05) is 6.54 Å². The van der Waals surface area contributed by atoms with Crippen molar-refractivity contribution in [3.05, 3.63) is 60.1 Å². The first-order chi connectivity index (χ1) is 9.34. The second kappa shape index (κ2) is 6.92. The van der Waals surface area contributed by atoms with Crippen LogP contribution in [-0.4, -0.2) is 12.6 Å². The first-order valence-corrected chi connectivity index (χ1v) is 5.80. The minimum absolute atomic E-state index is 0.235. The zero-order chi connectivity index (χ0) is 13.3. The standard InChI is InChI=1S/C15H13NO3/c17-15(19-12-13-5-2-1-3-6-13)16-9-4-7-14-8-10-18-11-14/h1-3,5-6,8,10-11H,9,12H2,(H,16,17). The van der Waals surface area contributed by atoms with Crippen molar-refractivity contribution in [2.45, 2.75) is 6.61 Å². The highest BCUT2D eigenvalue weighted by Gasteiger charge is 1.99. The summed E-state index contributed by atoms with van der Waals surface area (Å²) in [4.78, 5) is 11.4. The van der Waals surface area contributed by atoms with Crippen molar-refractivity contribution in [3.63, 3.8) is 0 Å². The maximum absolute atomic E-state index is 11.4. The Morgan fingerprint density at radius 1 is 1.26 bits per heavy atom. The number of carbonyl (C=O) groups is 1. The van der Waals surface area contributed by atoms with E-state index >= 15 is 0 Å². The van der Waals surface area contributed by atoms with Crippen LogP contribution in [0.3, 0.4) is 0 Å². The number of hydrogen-bond acceptors (Lipinski definition) is 3. The van der Waals surface area contributed by atoms with Gasteiger partial charge in [-0.2, -0.15) is 0 Å². The van der Waals surface area contributed by atoms with Crippen LogP contribution in [0.5, 0.6) is 0 Å². The molecule has 0 saturated heterocycles.